The van der Waals surface area contributed by atoms with Crippen LogP contribution in [0.4, 0.5) is 4.39 Å². The quantitative estimate of drug-likeness (QED) is 0.808. The number of carbonyl (C=O) groups is 1. The van der Waals surface area contributed by atoms with Crippen molar-refractivity contribution in [3.05, 3.63) is 47.4 Å². The molecule has 0 radical (unpaired) electrons. The van der Waals surface area contributed by atoms with Crippen LogP contribution < -0.4 is 5.32 Å². The van der Waals surface area contributed by atoms with Gasteiger partial charge in [-0.2, -0.15) is 0 Å². The summed E-state index contributed by atoms with van der Waals surface area (Å²) in [6.07, 6.45) is 3.93. The predicted octanol–water partition coefficient (Wildman–Crippen LogP) is 3.09. The summed E-state index contributed by atoms with van der Waals surface area (Å²) in [5.74, 6) is -0.457. The molecular formula is C15H12FN3OS. The zero-order valence-corrected chi connectivity index (χ0v) is 11.9. The van der Waals surface area contributed by atoms with E-state index in [9.17, 15) is 9.18 Å². The zero-order chi connectivity index (χ0) is 14.4. The maximum atomic E-state index is 13.1. The smallest absolute Gasteiger partial charge is 0.272 e. The van der Waals surface area contributed by atoms with Gasteiger partial charge in [-0.05, 0) is 37.1 Å². The minimum atomic E-state index is -0.297. The van der Waals surface area contributed by atoms with Gasteiger partial charge in [0.05, 0.1) is 5.69 Å². The number of hydrogen-bond acceptors (Lipinski definition) is 3. The van der Waals surface area contributed by atoms with Crippen molar-refractivity contribution in [2.45, 2.75) is 18.9 Å². The van der Waals surface area contributed by atoms with Crippen LogP contribution in [0.15, 0.2) is 35.8 Å². The van der Waals surface area contributed by atoms with Gasteiger partial charge in [-0.1, -0.05) is 0 Å². The molecule has 0 aliphatic heterocycles. The summed E-state index contributed by atoms with van der Waals surface area (Å²) >= 11 is 1.47. The highest BCUT2D eigenvalue weighted by Crippen LogP contribution is 2.28. The summed E-state index contributed by atoms with van der Waals surface area (Å²) < 4.78 is 15.0. The van der Waals surface area contributed by atoms with Crippen LogP contribution in [-0.2, 0) is 0 Å². The summed E-state index contributed by atoms with van der Waals surface area (Å²) in [5.41, 5.74) is 1.90. The molecule has 0 atom stereocenters. The first-order valence-electron chi connectivity index (χ1n) is 6.75. The Labute approximate surface area is 124 Å². The van der Waals surface area contributed by atoms with E-state index in [2.05, 4.69) is 10.3 Å². The molecule has 1 saturated carbocycles. The van der Waals surface area contributed by atoms with E-state index in [-0.39, 0.29) is 17.8 Å². The van der Waals surface area contributed by atoms with E-state index >= 15 is 0 Å². The van der Waals surface area contributed by atoms with Crippen molar-refractivity contribution in [2.24, 2.45) is 0 Å². The third-order valence-electron chi connectivity index (χ3n) is 3.51. The van der Waals surface area contributed by atoms with Crippen LogP contribution in [0, 0.1) is 5.82 Å². The van der Waals surface area contributed by atoms with Crippen LogP contribution >= 0.6 is 11.3 Å². The van der Waals surface area contributed by atoms with Crippen LogP contribution in [0.3, 0.4) is 0 Å². The molecule has 0 spiro atoms. The molecule has 1 aliphatic carbocycles. The van der Waals surface area contributed by atoms with Crippen LogP contribution in [0.2, 0.25) is 0 Å². The lowest BCUT2D eigenvalue weighted by Gasteiger charge is -2.05. The third kappa shape index (κ3) is 2.21. The van der Waals surface area contributed by atoms with Gasteiger partial charge >= 0.3 is 0 Å². The molecule has 0 saturated heterocycles. The van der Waals surface area contributed by atoms with E-state index in [1.807, 2.05) is 16.0 Å². The standard InChI is InChI=1S/C15H12FN3OS/c16-10-3-1-9(2-4-10)13-12(14(20)17-11-5-6-11)18-15-19(13)7-8-21-15/h1-4,7-8,11H,5-6H2,(H,17,20). The van der Waals surface area contributed by atoms with E-state index in [0.717, 1.165) is 23.4 Å². The number of imidazole rings is 1. The summed E-state index contributed by atoms with van der Waals surface area (Å²) in [6.45, 7) is 0. The number of amides is 1. The molecule has 106 valence electrons. The molecule has 0 bridgehead atoms. The van der Waals surface area contributed by atoms with Gasteiger partial charge in [-0.25, -0.2) is 9.37 Å². The van der Waals surface area contributed by atoms with Crippen molar-refractivity contribution < 1.29 is 9.18 Å². The lowest BCUT2D eigenvalue weighted by Crippen LogP contribution is -2.26. The highest BCUT2D eigenvalue weighted by Gasteiger charge is 2.27. The molecule has 4 nitrogen and oxygen atoms in total. The van der Waals surface area contributed by atoms with E-state index in [4.69, 9.17) is 0 Å². The number of carbonyl (C=O) groups excluding carboxylic acids is 1. The number of fused-ring (bicyclic) bond motifs is 1. The molecule has 2 aromatic heterocycles. The first-order chi connectivity index (χ1) is 10.2. The Hall–Kier alpha value is -2.21. The minimum absolute atomic E-state index is 0.160. The molecule has 4 rings (SSSR count). The van der Waals surface area contributed by atoms with Gasteiger partial charge in [-0.15, -0.1) is 11.3 Å². The molecule has 1 aromatic carbocycles. The summed E-state index contributed by atoms with van der Waals surface area (Å²) in [4.78, 5) is 17.6. The van der Waals surface area contributed by atoms with Crippen molar-refractivity contribution in [2.75, 3.05) is 0 Å². The largest absolute Gasteiger partial charge is 0.348 e. The van der Waals surface area contributed by atoms with E-state index < -0.39 is 0 Å². The Bertz CT molecular complexity index is 817. The van der Waals surface area contributed by atoms with Gasteiger partial charge in [0.2, 0.25) is 0 Å². The topological polar surface area (TPSA) is 46.4 Å². The zero-order valence-electron chi connectivity index (χ0n) is 11.0. The first kappa shape index (κ1) is 12.5. The Morgan fingerprint density at radius 3 is 2.81 bits per heavy atom. The normalized spacial score (nSPS) is 14.5. The number of aromatic nitrogens is 2. The second-order valence-electron chi connectivity index (χ2n) is 5.12. The minimum Gasteiger partial charge on any atom is -0.348 e. The van der Waals surface area contributed by atoms with Crippen LogP contribution in [0.25, 0.3) is 16.2 Å². The van der Waals surface area contributed by atoms with Gasteiger partial charge in [-0.3, -0.25) is 9.20 Å². The first-order valence-corrected chi connectivity index (χ1v) is 7.63. The average molecular weight is 301 g/mol. The SMILES string of the molecule is O=C(NC1CC1)c1nc2sccn2c1-c1ccc(F)cc1. The van der Waals surface area contributed by atoms with E-state index in [1.165, 1.54) is 23.5 Å². The second kappa shape index (κ2) is 4.66. The molecule has 21 heavy (non-hydrogen) atoms. The predicted molar refractivity (Wildman–Crippen MR) is 79.0 cm³/mol. The molecule has 1 N–H and O–H groups in total. The number of nitrogens with zero attached hydrogens (tertiary/aromatic N) is 2. The molecule has 1 aliphatic rings. The lowest BCUT2D eigenvalue weighted by molar-refractivity contribution is 0.0947. The maximum absolute atomic E-state index is 13.1. The van der Waals surface area contributed by atoms with Crippen molar-refractivity contribution in [3.8, 4) is 11.3 Å². The maximum Gasteiger partial charge on any atom is 0.272 e. The number of hydrogen-bond donors (Lipinski definition) is 1. The second-order valence-corrected chi connectivity index (χ2v) is 5.99. The third-order valence-corrected chi connectivity index (χ3v) is 4.26. The molecule has 0 unspecified atom stereocenters. The average Bonchev–Trinajstić information content (AvgIpc) is 3.04. The Balaban J connectivity index is 1.85. The van der Waals surface area contributed by atoms with E-state index in [1.54, 1.807) is 12.1 Å². The fourth-order valence-electron chi connectivity index (χ4n) is 2.31. The molecule has 6 heteroatoms. The number of benzene rings is 1. The van der Waals surface area contributed by atoms with Crippen molar-refractivity contribution in [1.29, 1.82) is 0 Å². The monoisotopic (exact) mass is 301 g/mol. The van der Waals surface area contributed by atoms with Crippen LogP contribution in [-0.4, -0.2) is 21.3 Å². The molecule has 2 heterocycles. The van der Waals surface area contributed by atoms with Gasteiger partial charge < -0.3 is 5.32 Å². The molecule has 1 amide bonds. The number of thiazole rings is 1. The Kier molecular flexibility index (Phi) is 2.78. The Morgan fingerprint density at radius 1 is 1.33 bits per heavy atom. The summed E-state index contributed by atoms with van der Waals surface area (Å²) in [7, 11) is 0. The van der Waals surface area contributed by atoms with Crippen molar-refractivity contribution in [1.82, 2.24) is 14.7 Å². The fraction of sp³-hybridized carbons (Fsp3) is 0.200. The van der Waals surface area contributed by atoms with Gasteiger partial charge in [0.1, 0.15) is 5.82 Å². The molecule has 3 aromatic rings. The van der Waals surface area contributed by atoms with Gasteiger partial charge in [0.25, 0.3) is 5.91 Å². The number of nitrogens with one attached hydrogen (secondary N) is 1. The Morgan fingerprint density at radius 2 is 2.10 bits per heavy atom. The molecular weight excluding hydrogens is 289 g/mol. The van der Waals surface area contributed by atoms with Crippen molar-refractivity contribution >= 4 is 22.2 Å². The van der Waals surface area contributed by atoms with E-state index in [0.29, 0.717) is 11.4 Å². The highest BCUT2D eigenvalue weighted by atomic mass is 32.1. The van der Waals surface area contributed by atoms with Gasteiger partial charge in [0.15, 0.2) is 10.7 Å². The molecule has 1 fully saturated rings. The van der Waals surface area contributed by atoms with Crippen LogP contribution in [0.1, 0.15) is 23.3 Å². The summed E-state index contributed by atoms with van der Waals surface area (Å²) in [5, 5.41) is 4.87. The van der Waals surface area contributed by atoms with Gasteiger partial charge in [0, 0.05) is 23.2 Å². The highest BCUT2D eigenvalue weighted by molar-refractivity contribution is 7.15. The number of rotatable bonds is 3. The lowest BCUT2D eigenvalue weighted by atomic mass is 10.1. The van der Waals surface area contributed by atoms with Crippen LogP contribution in [0.5, 0.6) is 0 Å². The number of halogens is 1. The summed E-state index contributed by atoms with van der Waals surface area (Å²) in [6, 6.07) is 6.40. The van der Waals surface area contributed by atoms with Crippen molar-refractivity contribution in [3.63, 3.8) is 0 Å². The fourth-order valence-corrected chi connectivity index (χ4v) is 3.02.